The van der Waals surface area contributed by atoms with E-state index in [1.807, 2.05) is 19.1 Å². The fourth-order valence-corrected chi connectivity index (χ4v) is 11.3. The molecule has 75 heavy (non-hydrogen) atoms. The van der Waals surface area contributed by atoms with Crippen LogP contribution in [0.15, 0.2) is 77.7 Å². The minimum atomic E-state index is -3.85. The number of hydrogen-bond acceptors (Lipinski definition) is 8. The smallest absolute Gasteiger partial charge is 0.243 e. The molecule has 5 aromatic carbocycles. The highest BCUT2D eigenvalue weighted by molar-refractivity contribution is 7.89. The topological polar surface area (TPSA) is 92.8 Å². The van der Waals surface area contributed by atoms with E-state index in [2.05, 4.69) is 145 Å². The number of aryl methyl sites for hydroxylation is 1. The van der Waals surface area contributed by atoms with Crippen LogP contribution in [0.5, 0.6) is 23.0 Å². The van der Waals surface area contributed by atoms with Crippen molar-refractivity contribution in [1.29, 1.82) is 0 Å². The molecule has 9 nitrogen and oxygen atoms in total. The van der Waals surface area contributed by atoms with Gasteiger partial charge in [-0.25, -0.2) is 8.42 Å². The Balaban J connectivity index is 1.54. The van der Waals surface area contributed by atoms with Crippen molar-refractivity contribution in [2.24, 2.45) is 0 Å². The van der Waals surface area contributed by atoms with E-state index in [4.69, 9.17) is 28.4 Å². The van der Waals surface area contributed by atoms with E-state index >= 15 is 0 Å². The van der Waals surface area contributed by atoms with Crippen LogP contribution < -0.4 is 18.9 Å². The molecule has 0 saturated carbocycles. The molecule has 0 aromatic heterocycles. The van der Waals surface area contributed by atoms with Gasteiger partial charge in [-0.15, -0.1) is 0 Å². The largest absolute Gasteiger partial charge is 0.493 e. The predicted octanol–water partition coefficient (Wildman–Crippen LogP) is 13.9. The van der Waals surface area contributed by atoms with Crippen LogP contribution in [-0.4, -0.2) is 78.7 Å². The van der Waals surface area contributed by atoms with Gasteiger partial charge in [-0.1, -0.05) is 163 Å². The van der Waals surface area contributed by atoms with Crippen LogP contribution in [0, 0.1) is 6.92 Å². The summed E-state index contributed by atoms with van der Waals surface area (Å²) >= 11 is 0. The van der Waals surface area contributed by atoms with E-state index in [1.165, 1.54) is 26.6 Å². The van der Waals surface area contributed by atoms with Crippen molar-refractivity contribution in [3.05, 3.63) is 145 Å². The summed E-state index contributed by atoms with van der Waals surface area (Å²) in [5.41, 5.74) is 13.9. The summed E-state index contributed by atoms with van der Waals surface area (Å²) in [5.74, 6) is 3.47. The van der Waals surface area contributed by atoms with Gasteiger partial charge in [-0.3, -0.25) is 0 Å². The zero-order chi connectivity index (χ0) is 54.5. The van der Waals surface area contributed by atoms with E-state index in [9.17, 15) is 8.42 Å². The minimum absolute atomic E-state index is 0.152. The van der Waals surface area contributed by atoms with E-state index < -0.39 is 10.0 Å². The third kappa shape index (κ3) is 14.4. The summed E-state index contributed by atoms with van der Waals surface area (Å²) in [5, 5.41) is 0. The number of nitrogens with zero attached hydrogens (tertiary/aromatic N) is 1. The van der Waals surface area contributed by atoms with Crippen LogP contribution in [0.1, 0.15) is 182 Å². The monoisotopic (exact) mass is 1040 g/mol. The average Bonchev–Trinajstić information content (AvgIpc) is 3.31. The fourth-order valence-electron chi connectivity index (χ4n) is 9.92. The van der Waals surface area contributed by atoms with Gasteiger partial charge in [-0.2, -0.15) is 4.31 Å². The summed E-state index contributed by atoms with van der Waals surface area (Å²) in [6, 6.07) is 25.9. The Morgan fingerprint density at radius 3 is 1.05 bits per heavy atom. The normalized spacial score (nSPS) is 15.9. The molecule has 0 atom stereocenters. The molecule has 0 amide bonds. The molecule has 2 heterocycles. The standard InChI is InChI=1S/C65H89NO8S/c1-16-24-71-58-45-32-49-40-55(64(10,11)12)42-51-34-47-38-54(63(7,8)9)39-48(59(47)72-25-17-2)35-52-43-56(65(13,14)15)41-50(33-46(58)37-53(36-45)62(4,5)6)61(52)74-31-29-70-27-23-66(22-26-69-28-30-73-60(49)51)75(67,68)57-20-18-44(3)19-21-57/h18-21,36-43H,16-17,22-35H2,1-15H3. The lowest BCUT2D eigenvalue weighted by Gasteiger charge is -2.29. The maximum atomic E-state index is 14.2. The van der Waals surface area contributed by atoms with Gasteiger partial charge in [0.05, 0.1) is 44.5 Å². The molecule has 2 aliphatic heterocycles. The highest BCUT2D eigenvalue weighted by Crippen LogP contribution is 2.44. The second kappa shape index (κ2) is 23.8. The third-order valence-corrected chi connectivity index (χ3v) is 16.3. The van der Waals surface area contributed by atoms with Gasteiger partial charge < -0.3 is 28.4 Å². The maximum Gasteiger partial charge on any atom is 0.243 e. The van der Waals surface area contributed by atoms with E-state index in [0.717, 1.165) is 85.9 Å². The van der Waals surface area contributed by atoms with Crippen LogP contribution in [0.3, 0.4) is 0 Å². The third-order valence-electron chi connectivity index (χ3n) is 14.4. The van der Waals surface area contributed by atoms with Crippen molar-refractivity contribution < 1.29 is 36.8 Å². The second-order valence-electron chi connectivity index (χ2n) is 25.0. The Morgan fingerprint density at radius 2 is 0.760 bits per heavy atom. The predicted molar refractivity (Wildman–Crippen MR) is 306 cm³/mol. The SMILES string of the molecule is CCCOc1c2cc(C(C)(C)C)cc1Cc1cc(C(C)(C)C)cc3c1OCCOCCN(S(=O)(=O)c1ccc(C)cc1)CCOCCOc1c(cc(C(C)(C)C)cc1Cc1cc(C(C)(C)C)cc(c1OCCC)C3)C2. The summed E-state index contributed by atoms with van der Waals surface area (Å²) in [7, 11) is -3.85. The Labute approximate surface area is 452 Å². The summed E-state index contributed by atoms with van der Waals surface area (Å²) in [4.78, 5) is 0.241. The molecule has 0 saturated heterocycles. The summed E-state index contributed by atoms with van der Waals surface area (Å²) in [6.45, 7) is 36.6. The number of sulfonamides is 1. The van der Waals surface area contributed by atoms with Crippen LogP contribution in [0.4, 0.5) is 0 Å². The van der Waals surface area contributed by atoms with Crippen molar-refractivity contribution >= 4 is 10.0 Å². The second-order valence-corrected chi connectivity index (χ2v) is 27.0. The average molecular weight is 1040 g/mol. The molecule has 0 N–H and O–H groups in total. The summed E-state index contributed by atoms with van der Waals surface area (Å²) < 4.78 is 70.7. The first-order chi connectivity index (χ1) is 35.3. The Hall–Kier alpha value is -4.87. The lowest BCUT2D eigenvalue weighted by Crippen LogP contribution is -2.37. The molecule has 5 aromatic rings. The minimum Gasteiger partial charge on any atom is -0.493 e. The first-order valence-corrected chi connectivity index (χ1v) is 29.1. The van der Waals surface area contributed by atoms with Crippen molar-refractivity contribution in [2.45, 2.75) is 169 Å². The van der Waals surface area contributed by atoms with Gasteiger partial charge in [0, 0.05) is 38.8 Å². The Bertz CT molecular complexity index is 2620. The lowest BCUT2D eigenvalue weighted by atomic mass is 9.79. The maximum absolute atomic E-state index is 14.2. The highest BCUT2D eigenvalue weighted by atomic mass is 32.2. The molecule has 3 aliphatic rings. The molecular formula is C65H89NO8S. The van der Waals surface area contributed by atoms with Crippen molar-refractivity contribution in [3.8, 4) is 23.0 Å². The van der Waals surface area contributed by atoms with Crippen LogP contribution in [0.25, 0.3) is 0 Å². The molecule has 408 valence electrons. The van der Waals surface area contributed by atoms with E-state index in [-0.39, 0.29) is 79.3 Å². The highest BCUT2D eigenvalue weighted by Gasteiger charge is 2.30. The zero-order valence-corrected chi connectivity index (χ0v) is 49.2. The van der Waals surface area contributed by atoms with Gasteiger partial charge >= 0.3 is 0 Å². The number of ether oxygens (including phenoxy) is 6. The van der Waals surface area contributed by atoms with Crippen LogP contribution in [-0.2, 0) is 66.8 Å². The molecule has 0 spiro atoms. The first-order valence-electron chi connectivity index (χ1n) is 27.7. The van der Waals surface area contributed by atoms with Crippen LogP contribution >= 0.6 is 0 Å². The van der Waals surface area contributed by atoms with E-state index in [0.29, 0.717) is 38.9 Å². The lowest BCUT2D eigenvalue weighted by molar-refractivity contribution is 0.0743. The zero-order valence-electron chi connectivity index (χ0n) is 48.4. The van der Waals surface area contributed by atoms with Crippen LogP contribution in [0.2, 0.25) is 0 Å². The fraction of sp³-hybridized carbons (Fsp3) is 0.538. The Morgan fingerprint density at radius 1 is 0.453 bits per heavy atom. The molecule has 8 rings (SSSR count). The number of benzene rings is 5. The van der Waals surface area contributed by atoms with Gasteiger partial charge in [0.1, 0.15) is 36.2 Å². The molecule has 10 heteroatoms. The molecular weight excluding hydrogens is 955 g/mol. The number of fused-ring (bicyclic) bond motifs is 12. The molecule has 0 radical (unpaired) electrons. The first kappa shape index (κ1) is 57.8. The van der Waals surface area contributed by atoms with Crippen molar-refractivity contribution in [2.75, 3.05) is 65.9 Å². The van der Waals surface area contributed by atoms with Crippen molar-refractivity contribution in [3.63, 3.8) is 0 Å². The molecule has 0 unspecified atom stereocenters. The van der Waals surface area contributed by atoms with Gasteiger partial charge in [0.25, 0.3) is 0 Å². The van der Waals surface area contributed by atoms with E-state index in [1.54, 1.807) is 12.1 Å². The molecule has 0 fully saturated rings. The van der Waals surface area contributed by atoms with Gasteiger partial charge in [0.2, 0.25) is 10.0 Å². The van der Waals surface area contributed by atoms with Crippen molar-refractivity contribution in [1.82, 2.24) is 4.31 Å². The Kier molecular flexibility index (Phi) is 18.3. The van der Waals surface area contributed by atoms with Gasteiger partial charge in [0.15, 0.2) is 0 Å². The number of rotatable bonds is 8. The summed E-state index contributed by atoms with van der Waals surface area (Å²) in [6.07, 6.45) is 3.99. The molecule has 1 aliphatic carbocycles. The quantitative estimate of drug-likeness (QED) is 0.139. The number of hydrogen-bond donors (Lipinski definition) is 0. The van der Waals surface area contributed by atoms with Gasteiger partial charge in [-0.05, 0) is 120 Å². The molecule has 10 bridgehead atoms.